The molecule has 0 spiro atoms. The maximum absolute atomic E-state index is 11.5. The molecule has 5 aromatic rings. The Hall–Kier alpha value is -5.04. The molecular weight excluding hydrogens is 733 g/mol. The Labute approximate surface area is 341 Å². The maximum atomic E-state index is 11.5. The van der Waals surface area contributed by atoms with Crippen LogP contribution in [0.3, 0.4) is 0 Å². The fourth-order valence-corrected chi connectivity index (χ4v) is 6.78. The lowest BCUT2D eigenvalue weighted by atomic mass is 9.92. The van der Waals surface area contributed by atoms with E-state index < -0.39 is 35.7 Å². The van der Waals surface area contributed by atoms with E-state index in [2.05, 4.69) is 6.58 Å². The van der Waals surface area contributed by atoms with Gasteiger partial charge in [0.05, 0.1) is 13.2 Å². The van der Waals surface area contributed by atoms with Gasteiger partial charge in [0.25, 0.3) is 0 Å². The lowest BCUT2D eigenvalue weighted by molar-refractivity contribution is -0.267. The maximum Gasteiger partial charge on any atom is 0.226 e. The molecule has 58 heavy (non-hydrogen) atoms. The summed E-state index contributed by atoms with van der Waals surface area (Å²) in [6.07, 6.45) is 2.03. The normalized spacial score (nSPS) is 16.5. The zero-order valence-electron chi connectivity index (χ0n) is 33.7. The molecule has 5 rings (SSSR count). The minimum atomic E-state index is -2.01. The quantitative estimate of drug-likeness (QED) is 0.0453. The van der Waals surface area contributed by atoms with Gasteiger partial charge in [-0.05, 0) is 41.7 Å². The summed E-state index contributed by atoms with van der Waals surface area (Å²) in [7, 11) is 4.26. The van der Waals surface area contributed by atoms with Crippen molar-refractivity contribution < 1.29 is 44.1 Å². The monoisotopic (exact) mass is 786 g/mol. The van der Waals surface area contributed by atoms with Crippen molar-refractivity contribution in [2.75, 3.05) is 21.3 Å². The first-order valence-corrected chi connectivity index (χ1v) is 19.0. The molecule has 0 bridgehead atoms. The molecular formula is C49H54O9. The third kappa shape index (κ3) is 9.79. The highest BCUT2D eigenvalue weighted by atomic mass is 16.7. The van der Waals surface area contributed by atoms with Gasteiger partial charge in [-0.25, -0.2) is 0 Å². The lowest BCUT2D eigenvalue weighted by Crippen LogP contribution is -2.44. The number of hydrogen-bond donors (Lipinski definition) is 4. The minimum absolute atomic E-state index is 0.0570. The lowest BCUT2D eigenvalue weighted by Gasteiger charge is -2.40. The Bertz CT molecular complexity index is 2080. The van der Waals surface area contributed by atoms with Gasteiger partial charge >= 0.3 is 0 Å². The van der Waals surface area contributed by atoms with Crippen LogP contribution in [0.25, 0.3) is 0 Å². The van der Waals surface area contributed by atoms with E-state index >= 15 is 0 Å². The summed E-state index contributed by atoms with van der Waals surface area (Å²) < 4.78 is 31.0. The number of aliphatic hydroxyl groups excluding tert-OH is 2. The number of methoxy groups -OCH3 is 3. The molecule has 5 aromatic carbocycles. The largest absolute Gasteiger partial charge is 0.382 e. The van der Waals surface area contributed by atoms with Crippen LogP contribution >= 0.6 is 0 Å². The summed E-state index contributed by atoms with van der Waals surface area (Å²) in [6, 6.07) is 41.3. The number of hydrogen-bond acceptors (Lipinski definition) is 9. The van der Waals surface area contributed by atoms with Gasteiger partial charge in [-0.3, -0.25) is 0 Å². The smallest absolute Gasteiger partial charge is 0.226 e. The second-order valence-electron chi connectivity index (χ2n) is 14.2. The van der Waals surface area contributed by atoms with Crippen LogP contribution in [-0.4, -0.2) is 47.5 Å². The van der Waals surface area contributed by atoms with Crippen LogP contribution in [0.4, 0.5) is 0 Å². The van der Waals surface area contributed by atoms with E-state index in [9.17, 15) is 20.4 Å². The second-order valence-corrected chi connectivity index (χ2v) is 14.2. The molecule has 0 saturated carbocycles. The molecule has 0 saturated heterocycles. The van der Waals surface area contributed by atoms with Crippen molar-refractivity contribution in [2.45, 2.75) is 62.7 Å². The van der Waals surface area contributed by atoms with Crippen molar-refractivity contribution in [3.63, 3.8) is 0 Å². The SMILES string of the molecule is C=C/C(=C\C=C(C)C)C(OC)(OCc1ccc(C(O)(OC)C(O)c2ccccc2)cc1)C(OCc1ccc(C(O)(OC)C(O)c2ccccc2)cc1)c1ccccc1. The van der Waals surface area contributed by atoms with Crippen molar-refractivity contribution in [2.24, 2.45) is 0 Å². The van der Waals surface area contributed by atoms with E-state index in [0.29, 0.717) is 27.8 Å². The summed E-state index contributed by atoms with van der Waals surface area (Å²) in [5.41, 5.74) is 5.70. The zero-order valence-corrected chi connectivity index (χ0v) is 33.7. The van der Waals surface area contributed by atoms with Gasteiger partial charge in [0.1, 0.15) is 18.3 Å². The number of allylic oxidation sites excluding steroid dienone is 3. The van der Waals surface area contributed by atoms with Gasteiger partial charge in [0, 0.05) is 38.0 Å². The molecule has 6 atom stereocenters. The summed E-state index contributed by atoms with van der Waals surface area (Å²) in [5, 5.41) is 45.3. The molecule has 6 unspecified atom stereocenters. The summed E-state index contributed by atoms with van der Waals surface area (Å²) in [6.45, 7) is 8.28. The molecule has 0 heterocycles. The standard InChI is InChI=1S/C49H54O9/c1-7-41(28-23-35(2)3)49(56-6,58-34-37-26-31-43(32-27-37)48(53,55-5)45(51)39-19-13-9-14-20-39)46(40-21-15-10-16-22-40)57-33-36-24-29-42(30-25-36)47(52,54-4)44(50)38-17-11-8-12-18-38/h7-32,44-46,50-53H,1,33-34H2,2-6H3/b41-28+. The summed E-state index contributed by atoms with van der Waals surface area (Å²) >= 11 is 0. The van der Waals surface area contributed by atoms with Crippen molar-refractivity contribution in [3.05, 3.63) is 214 Å². The van der Waals surface area contributed by atoms with Crippen LogP contribution < -0.4 is 0 Å². The number of benzene rings is 5. The first-order chi connectivity index (χ1) is 27.9. The Kier molecular flexibility index (Phi) is 15.3. The van der Waals surface area contributed by atoms with Gasteiger partial charge in [0.15, 0.2) is 0 Å². The fourth-order valence-electron chi connectivity index (χ4n) is 6.78. The zero-order chi connectivity index (χ0) is 41.8. The first-order valence-electron chi connectivity index (χ1n) is 19.0. The van der Waals surface area contributed by atoms with Crippen LogP contribution in [0.5, 0.6) is 0 Å². The third-order valence-electron chi connectivity index (χ3n) is 10.2. The topological polar surface area (TPSA) is 127 Å². The minimum Gasteiger partial charge on any atom is -0.382 e. The van der Waals surface area contributed by atoms with E-state index in [4.69, 9.17) is 23.7 Å². The fraction of sp³-hybridized carbons (Fsp3) is 0.265. The molecule has 304 valence electrons. The molecule has 9 nitrogen and oxygen atoms in total. The number of ether oxygens (including phenoxy) is 5. The van der Waals surface area contributed by atoms with Crippen LogP contribution in [0.2, 0.25) is 0 Å². The van der Waals surface area contributed by atoms with E-state index in [1.54, 1.807) is 110 Å². The molecule has 4 N–H and O–H groups in total. The van der Waals surface area contributed by atoms with Crippen molar-refractivity contribution >= 4 is 0 Å². The van der Waals surface area contributed by atoms with E-state index in [1.807, 2.05) is 68.5 Å². The highest BCUT2D eigenvalue weighted by Gasteiger charge is 2.46. The average molecular weight is 787 g/mol. The van der Waals surface area contributed by atoms with Crippen molar-refractivity contribution in [1.29, 1.82) is 0 Å². The van der Waals surface area contributed by atoms with Crippen LogP contribution in [0.15, 0.2) is 175 Å². The predicted molar refractivity (Wildman–Crippen MR) is 224 cm³/mol. The van der Waals surface area contributed by atoms with Gasteiger partial charge in [0.2, 0.25) is 17.4 Å². The molecule has 0 aliphatic carbocycles. The number of aliphatic hydroxyl groups is 4. The Morgan fingerprint density at radius 3 is 1.36 bits per heavy atom. The Morgan fingerprint density at radius 2 is 0.983 bits per heavy atom. The van der Waals surface area contributed by atoms with Crippen molar-refractivity contribution in [3.8, 4) is 0 Å². The van der Waals surface area contributed by atoms with E-state index in [-0.39, 0.29) is 13.2 Å². The Morgan fingerprint density at radius 1 is 0.569 bits per heavy atom. The second kappa shape index (κ2) is 20.1. The van der Waals surface area contributed by atoms with Gasteiger partial charge < -0.3 is 44.1 Å². The molecule has 0 amide bonds. The molecule has 0 aromatic heterocycles. The van der Waals surface area contributed by atoms with E-state index in [1.165, 1.54) is 14.2 Å². The molecule has 0 fully saturated rings. The van der Waals surface area contributed by atoms with E-state index in [0.717, 1.165) is 22.3 Å². The third-order valence-corrected chi connectivity index (χ3v) is 10.2. The summed E-state index contributed by atoms with van der Waals surface area (Å²) in [5.74, 6) is -5.53. The molecule has 0 radical (unpaired) electrons. The van der Waals surface area contributed by atoms with Crippen LogP contribution in [-0.2, 0) is 48.5 Å². The molecule has 9 heteroatoms. The highest BCUT2D eigenvalue weighted by Crippen LogP contribution is 2.42. The highest BCUT2D eigenvalue weighted by molar-refractivity contribution is 5.37. The average Bonchev–Trinajstić information content (AvgIpc) is 3.28. The van der Waals surface area contributed by atoms with Crippen LogP contribution in [0, 0.1) is 0 Å². The predicted octanol–water partition coefficient (Wildman–Crippen LogP) is 8.63. The summed E-state index contributed by atoms with van der Waals surface area (Å²) in [4.78, 5) is 0. The van der Waals surface area contributed by atoms with Gasteiger partial charge in [-0.2, -0.15) is 0 Å². The van der Waals surface area contributed by atoms with Gasteiger partial charge in [-0.1, -0.05) is 170 Å². The Balaban J connectivity index is 1.46. The van der Waals surface area contributed by atoms with Crippen molar-refractivity contribution in [1.82, 2.24) is 0 Å². The van der Waals surface area contributed by atoms with Gasteiger partial charge in [-0.15, -0.1) is 0 Å². The van der Waals surface area contributed by atoms with Crippen LogP contribution in [0.1, 0.15) is 71.1 Å². The number of rotatable bonds is 20. The first kappa shape index (κ1) is 44.1. The molecule has 0 aliphatic heterocycles. The molecule has 0 aliphatic rings.